The van der Waals surface area contributed by atoms with Crippen LogP contribution in [0.25, 0.3) is 0 Å². The fourth-order valence-corrected chi connectivity index (χ4v) is 5.62. The molecule has 3 unspecified atom stereocenters. The Labute approximate surface area is 170 Å². The van der Waals surface area contributed by atoms with Crippen molar-refractivity contribution < 1.29 is 14.3 Å². The van der Waals surface area contributed by atoms with Crippen LogP contribution in [0.5, 0.6) is 0 Å². The third kappa shape index (κ3) is 3.32. The number of benzene rings is 1. The van der Waals surface area contributed by atoms with Gasteiger partial charge in [0.2, 0.25) is 0 Å². The Morgan fingerprint density at radius 1 is 1.27 bits per heavy atom. The van der Waals surface area contributed by atoms with Crippen LogP contribution >= 0.6 is 67.8 Å². The number of likely N-dealkylation sites (N-methyl/N-ethyl adjacent to an activating group) is 1. The topological polar surface area (TPSA) is 46.6 Å². The molecule has 3 atom stereocenters. The lowest BCUT2D eigenvalue weighted by atomic mass is 10.0. The maximum absolute atomic E-state index is 12.6. The number of carbonyl (C=O) groups is 2. The molecule has 0 radical (unpaired) electrons. The fraction of sp³-hybridized carbons (Fsp3) is 0.467. The molecule has 7 heteroatoms. The Hall–Kier alpha value is 0.510. The molecule has 2 aliphatic rings. The first-order valence-corrected chi connectivity index (χ1v) is 10.2. The number of piperidine rings is 1. The lowest BCUT2D eigenvalue weighted by Gasteiger charge is -2.30. The number of nitrogens with zero attached hydrogens (tertiary/aromatic N) is 1. The van der Waals surface area contributed by atoms with E-state index >= 15 is 0 Å². The summed E-state index contributed by atoms with van der Waals surface area (Å²) >= 11 is 6.62. The second-order valence-corrected chi connectivity index (χ2v) is 9.25. The molecule has 2 fully saturated rings. The predicted octanol–water partition coefficient (Wildman–Crippen LogP) is 3.46. The van der Waals surface area contributed by atoms with E-state index in [0.29, 0.717) is 18.4 Å². The van der Waals surface area contributed by atoms with Crippen LogP contribution in [-0.2, 0) is 9.53 Å². The van der Waals surface area contributed by atoms with E-state index in [1.807, 2.05) is 19.2 Å². The maximum Gasteiger partial charge on any atom is 0.339 e. The summed E-state index contributed by atoms with van der Waals surface area (Å²) in [6, 6.07) is 4.16. The molecule has 4 nitrogen and oxygen atoms in total. The molecule has 22 heavy (non-hydrogen) atoms. The molecule has 3 rings (SSSR count). The monoisotopic (exact) mass is 637 g/mol. The summed E-state index contributed by atoms with van der Waals surface area (Å²) in [6.45, 7) is 0. The smallest absolute Gasteiger partial charge is 0.339 e. The number of hydrogen-bond acceptors (Lipinski definition) is 4. The molecule has 0 aliphatic carbocycles. The van der Waals surface area contributed by atoms with E-state index in [1.54, 1.807) is 0 Å². The van der Waals surface area contributed by atoms with Gasteiger partial charge in [0, 0.05) is 36.0 Å². The van der Waals surface area contributed by atoms with E-state index < -0.39 is 0 Å². The van der Waals surface area contributed by atoms with Crippen molar-refractivity contribution in [2.45, 2.75) is 37.5 Å². The summed E-state index contributed by atoms with van der Waals surface area (Å²) in [5.74, 6) is 0.00395. The van der Waals surface area contributed by atoms with Crippen LogP contribution in [0.4, 0.5) is 0 Å². The van der Waals surface area contributed by atoms with Crippen LogP contribution in [-0.4, -0.2) is 41.9 Å². The van der Waals surface area contributed by atoms with Crippen molar-refractivity contribution in [2.24, 2.45) is 0 Å². The van der Waals surface area contributed by atoms with Crippen molar-refractivity contribution in [1.82, 2.24) is 4.90 Å². The van der Waals surface area contributed by atoms with Crippen LogP contribution < -0.4 is 0 Å². The van der Waals surface area contributed by atoms with E-state index in [-0.39, 0.29) is 29.9 Å². The van der Waals surface area contributed by atoms with E-state index in [1.165, 1.54) is 0 Å². The molecule has 0 spiro atoms. The molecule has 2 heterocycles. The van der Waals surface area contributed by atoms with Crippen molar-refractivity contribution in [3.63, 3.8) is 0 Å². The normalized spacial score (nSPS) is 28.0. The van der Waals surface area contributed by atoms with Gasteiger partial charge < -0.3 is 4.74 Å². The molecular weight excluding hydrogens is 623 g/mol. The fourth-order valence-electron chi connectivity index (χ4n) is 3.24. The second kappa shape index (κ2) is 6.79. The zero-order chi connectivity index (χ0) is 16.0. The number of ether oxygens (including phenoxy) is 1. The maximum atomic E-state index is 12.6. The minimum absolute atomic E-state index is 0.0368. The first-order valence-electron chi connectivity index (χ1n) is 6.96. The van der Waals surface area contributed by atoms with Gasteiger partial charge in [-0.15, -0.1) is 0 Å². The Morgan fingerprint density at radius 3 is 2.73 bits per heavy atom. The lowest BCUT2D eigenvalue weighted by molar-refractivity contribution is -0.123. The lowest BCUT2D eigenvalue weighted by Crippen LogP contribution is -2.43. The SMILES string of the molecule is CN1C2CC(=O)CC1C(OC(=O)c1cc(I)cc(I)c1I)C2. The standard InChI is InChI=1S/C15H14I3NO3/c1-19-8-4-9(20)6-12(19)13(5-8)22-15(21)10-2-7(16)3-11(17)14(10)18/h2-3,8,12-13H,4-6H2,1H3. The third-order valence-corrected chi connectivity index (χ3v) is 8.07. The van der Waals surface area contributed by atoms with Gasteiger partial charge in [-0.25, -0.2) is 4.79 Å². The van der Waals surface area contributed by atoms with Gasteiger partial charge in [0.05, 0.1) is 11.6 Å². The highest BCUT2D eigenvalue weighted by Gasteiger charge is 2.46. The predicted molar refractivity (Wildman–Crippen MR) is 108 cm³/mol. The number of hydrogen-bond donors (Lipinski definition) is 0. The summed E-state index contributed by atoms with van der Waals surface area (Å²) in [7, 11) is 2.02. The van der Waals surface area contributed by atoms with E-state index in [4.69, 9.17) is 4.74 Å². The third-order valence-electron chi connectivity index (χ3n) is 4.40. The highest BCUT2D eigenvalue weighted by atomic mass is 127. The number of ketones is 1. The second-order valence-electron chi connectivity index (χ2n) is 5.76. The Balaban J connectivity index is 1.80. The average molecular weight is 637 g/mol. The van der Waals surface area contributed by atoms with Gasteiger partial charge in [-0.1, -0.05) is 0 Å². The molecule has 0 N–H and O–H groups in total. The largest absolute Gasteiger partial charge is 0.457 e. The summed E-state index contributed by atoms with van der Waals surface area (Å²) in [6.07, 6.45) is 1.65. The van der Waals surface area contributed by atoms with Crippen LogP contribution in [0, 0.1) is 10.7 Å². The van der Waals surface area contributed by atoms with Gasteiger partial charge in [-0.3, -0.25) is 9.69 Å². The summed E-state index contributed by atoms with van der Waals surface area (Å²) in [5, 5.41) is 0. The molecule has 1 aromatic carbocycles. The molecule has 0 saturated carbocycles. The average Bonchev–Trinajstić information content (AvgIpc) is 2.62. The minimum atomic E-state index is -0.278. The number of carbonyl (C=O) groups excluding carboxylic acids is 2. The van der Waals surface area contributed by atoms with Crippen molar-refractivity contribution in [3.05, 3.63) is 28.4 Å². The highest BCUT2D eigenvalue weighted by molar-refractivity contribution is 14.1. The number of Topliss-reactive ketones (excluding diaryl/α,β-unsaturated/α-hetero) is 1. The van der Waals surface area contributed by atoms with Crippen LogP contribution in [0.2, 0.25) is 0 Å². The number of fused-ring (bicyclic) bond motifs is 2. The van der Waals surface area contributed by atoms with Crippen molar-refractivity contribution >= 4 is 79.5 Å². The molecule has 0 amide bonds. The van der Waals surface area contributed by atoms with Gasteiger partial charge >= 0.3 is 5.97 Å². The van der Waals surface area contributed by atoms with Gasteiger partial charge in [0.1, 0.15) is 11.9 Å². The van der Waals surface area contributed by atoms with Crippen molar-refractivity contribution in [2.75, 3.05) is 7.05 Å². The zero-order valence-corrected chi connectivity index (χ0v) is 18.3. The first-order chi connectivity index (χ1) is 10.4. The van der Waals surface area contributed by atoms with Crippen molar-refractivity contribution in [3.8, 4) is 0 Å². The van der Waals surface area contributed by atoms with Gasteiger partial charge in [-0.2, -0.15) is 0 Å². The zero-order valence-electron chi connectivity index (χ0n) is 11.8. The van der Waals surface area contributed by atoms with Crippen LogP contribution in [0.15, 0.2) is 12.1 Å². The Kier molecular flexibility index (Phi) is 5.35. The Bertz CT molecular complexity index is 649. The quantitative estimate of drug-likeness (QED) is 0.284. The molecule has 2 bridgehead atoms. The van der Waals surface area contributed by atoms with Crippen LogP contribution in [0.1, 0.15) is 29.6 Å². The van der Waals surface area contributed by atoms with Crippen LogP contribution in [0.3, 0.4) is 0 Å². The van der Waals surface area contributed by atoms with E-state index in [9.17, 15) is 9.59 Å². The van der Waals surface area contributed by atoms with E-state index in [2.05, 4.69) is 72.7 Å². The number of esters is 1. The van der Waals surface area contributed by atoms with Gasteiger partial charge in [-0.05, 0) is 87.0 Å². The number of halogens is 3. The van der Waals surface area contributed by atoms with E-state index in [0.717, 1.165) is 17.1 Å². The molecular formula is C15H14I3NO3. The summed E-state index contributed by atoms with van der Waals surface area (Å²) in [5.41, 5.74) is 0.618. The molecule has 118 valence electrons. The minimum Gasteiger partial charge on any atom is -0.457 e. The van der Waals surface area contributed by atoms with Gasteiger partial charge in [0.25, 0.3) is 0 Å². The molecule has 2 saturated heterocycles. The number of rotatable bonds is 2. The van der Waals surface area contributed by atoms with Crippen molar-refractivity contribution in [1.29, 1.82) is 0 Å². The molecule has 0 aromatic heterocycles. The summed E-state index contributed by atoms with van der Waals surface area (Å²) in [4.78, 5) is 26.5. The Morgan fingerprint density at radius 2 is 2.00 bits per heavy atom. The first kappa shape index (κ1) is 17.3. The molecule has 1 aromatic rings. The summed E-state index contributed by atoms with van der Waals surface area (Å²) < 4.78 is 8.77. The molecule has 2 aliphatic heterocycles. The highest BCUT2D eigenvalue weighted by Crippen LogP contribution is 2.35. The van der Waals surface area contributed by atoms with Gasteiger partial charge in [0.15, 0.2) is 0 Å².